The van der Waals surface area contributed by atoms with Crippen molar-refractivity contribution in [3.63, 3.8) is 0 Å². The van der Waals surface area contributed by atoms with Crippen LogP contribution in [-0.2, 0) is 0 Å². The molecule has 0 nitrogen and oxygen atoms in total. The third-order valence-corrected chi connectivity index (χ3v) is 1.14. The van der Waals surface area contributed by atoms with E-state index >= 15 is 0 Å². The second-order valence-corrected chi connectivity index (χ2v) is 1.57. The average molecular weight is 105 g/mol. The lowest BCUT2D eigenvalue weighted by Crippen LogP contribution is -1.58. The van der Waals surface area contributed by atoms with Gasteiger partial charge in [-0.2, -0.15) is 0 Å². The fraction of sp³-hybridized carbons (Fsp3) is 0.600. The molecule has 0 aromatic rings. The normalized spacial score (nSPS) is 12.2. The summed E-state index contributed by atoms with van der Waals surface area (Å²) in [4.78, 5) is 0. The Morgan fingerprint density at radius 2 is 2.33 bits per heavy atom. The molecule has 0 bridgehead atoms. The van der Waals surface area contributed by atoms with Gasteiger partial charge < -0.3 is 0 Å². The van der Waals surface area contributed by atoms with E-state index in [1.807, 2.05) is 19.9 Å². The lowest BCUT2D eigenvalue weighted by Gasteiger charge is -1.81. The Bertz CT molecular complexity index is 55.0. The van der Waals surface area contributed by atoms with Crippen molar-refractivity contribution < 1.29 is 0 Å². The molecule has 0 N–H and O–H groups in total. The molecular formula is C5H9Cl. The molecule has 0 saturated carbocycles. The molecule has 0 radical (unpaired) electrons. The van der Waals surface area contributed by atoms with Gasteiger partial charge in [0.15, 0.2) is 0 Å². The first-order valence-electron chi connectivity index (χ1n) is 2.12. The van der Waals surface area contributed by atoms with Crippen LogP contribution in [0.15, 0.2) is 11.1 Å². The lowest BCUT2D eigenvalue weighted by molar-refractivity contribution is 1.19. The van der Waals surface area contributed by atoms with Crippen molar-refractivity contribution in [3.8, 4) is 0 Å². The van der Waals surface area contributed by atoms with Crippen LogP contribution in [0, 0.1) is 0 Å². The Kier molecular flexibility index (Phi) is 3.24. The van der Waals surface area contributed by atoms with Crippen LogP contribution >= 0.6 is 11.6 Å². The number of hydrogen-bond donors (Lipinski definition) is 0. The Labute approximate surface area is 43.8 Å². The Hall–Kier alpha value is 0.0300. The van der Waals surface area contributed by atoms with Gasteiger partial charge in [0.1, 0.15) is 0 Å². The van der Waals surface area contributed by atoms with Crippen molar-refractivity contribution in [1.29, 1.82) is 0 Å². The molecule has 0 amide bonds. The highest BCUT2D eigenvalue weighted by molar-refractivity contribution is 6.29. The number of hydrogen-bond acceptors (Lipinski definition) is 0. The van der Waals surface area contributed by atoms with Crippen molar-refractivity contribution >= 4 is 11.6 Å². The van der Waals surface area contributed by atoms with Crippen molar-refractivity contribution in [2.75, 3.05) is 0 Å². The first kappa shape index (κ1) is 6.03. The smallest absolute Gasteiger partial charge is 0.0135 e. The second-order valence-electron chi connectivity index (χ2n) is 1.09. The molecule has 36 valence electrons. The van der Waals surface area contributed by atoms with E-state index in [4.69, 9.17) is 11.6 Å². The topological polar surface area (TPSA) is 0 Å². The summed E-state index contributed by atoms with van der Waals surface area (Å²) >= 11 is 5.51. The molecule has 0 unspecified atom stereocenters. The van der Waals surface area contributed by atoms with Gasteiger partial charge in [-0.05, 0) is 13.3 Å². The van der Waals surface area contributed by atoms with Gasteiger partial charge in [-0.1, -0.05) is 24.6 Å². The molecule has 6 heavy (non-hydrogen) atoms. The summed E-state index contributed by atoms with van der Waals surface area (Å²) in [5.74, 6) is 0. The summed E-state index contributed by atoms with van der Waals surface area (Å²) in [5, 5.41) is 0.940. The molecular weight excluding hydrogens is 95.5 g/mol. The number of halogens is 1. The summed E-state index contributed by atoms with van der Waals surface area (Å²) < 4.78 is 0. The van der Waals surface area contributed by atoms with E-state index in [1.54, 1.807) is 0 Å². The molecule has 0 fully saturated rings. The molecule has 1 heteroatoms. The highest BCUT2D eigenvalue weighted by Gasteiger charge is 1.76. The zero-order valence-corrected chi connectivity index (χ0v) is 4.92. The molecule has 0 aliphatic rings. The minimum absolute atomic E-state index is 0.940. The number of rotatable bonds is 1. The fourth-order valence-corrected chi connectivity index (χ4v) is 0.204. The van der Waals surface area contributed by atoms with Crippen LogP contribution in [-0.4, -0.2) is 0 Å². The van der Waals surface area contributed by atoms with Crippen molar-refractivity contribution in [2.45, 2.75) is 20.3 Å². The van der Waals surface area contributed by atoms with E-state index in [1.165, 1.54) is 0 Å². The van der Waals surface area contributed by atoms with Crippen LogP contribution in [0.25, 0.3) is 0 Å². The number of allylic oxidation sites excluding steroid dienone is 2. The zero-order valence-electron chi connectivity index (χ0n) is 4.16. The minimum Gasteiger partial charge on any atom is -0.0895 e. The van der Waals surface area contributed by atoms with Gasteiger partial charge in [-0.3, -0.25) is 0 Å². The van der Waals surface area contributed by atoms with Crippen LogP contribution in [0.3, 0.4) is 0 Å². The second kappa shape index (κ2) is 3.23. The summed E-state index contributed by atoms with van der Waals surface area (Å²) in [6, 6.07) is 0. The van der Waals surface area contributed by atoms with Crippen molar-refractivity contribution in [3.05, 3.63) is 11.1 Å². The van der Waals surface area contributed by atoms with Gasteiger partial charge in [0.25, 0.3) is 0 Å². The van der Waals surface area contributed by atoms with E-state index < -0.39 is 0 Å². The van der Waals surface area contributed by atoms with Gasteiger partial charge in [0.05, 0.1) is 0 Å². The highest BCUT2D eigenvalue weighted by Crippen LogP contribution is 2.02. The molecule has 0 aromatic carbocycles. The van der Waals surface area contributed by atoms with Crippen LogP contribution < -0.4 is 0 Å². The molecule has 0 aromatic heterocycles. The van der Waals surface area contributed by atoms with Gasteiger partial charge in [0.2, 0.25) is 0 Å². The Morgan fingerprint density at radius 3 is 2.33 bits per heavy atom. The average Bonchev–Trinajstić information content (AvgIpc) is 1.65. The standard InChI is InChI=1S/C5H9Cl/c1-3-5(6)4-2/h3H,4H2,1-2H3/b5-3-. The van der Waals surface area contributed by atoms with E-state index in [2.05, 4.69) is 0 Å². The van der Waals surface area contributed by atoms with Gasteiger partial charge in [-0.25, -0.2) is 0 Å². The molecule has 0 spiro atoms. The SMILES string of the molecule is C/C=C(\Cl)CC. The molecule has 0 aliphatic heterocycles. The van der Waals surface area contributed by atoms with Crippen LogP contribution in [0.2, 0.25) is 0 Å². The first-order chi connectivity index (χ1) is 2.81. The quantitative estimate of drug-likeness (QED) is 0.480. The zero-order chi connectivity index (χ0) is 4.99. The highest BCUT2D eigenvalue weighted by atomic mass is 35.5. The van der Waals surface area contributed by atoms with Crippen molar-refractivity contribution in [2.24, 2.45) is 0 Å². The Balaban J connectivity index is 3.22. The molecule has 0 rings (SSSR count). The van der Waals surface area contributed by atoms with E-state index in [9.17, 15) is 0 Å². The third-order valence-electron chi connectivity index (χ3n) is 0.651. The minimum atomic E-state index is 0.940. The molecule has 0 heterocycles. The summed E-state index contributed by atoms with van der Waals surface area (Å²) in [5.41, 5.74) is 0. The predicted molar refractivity (Wildman–Crippen MR) is 29.9 cm³/mol. The van der Waals surface area contributed by atoms with Gasteiger partial charge in [0, 0.05) is 5.03 Å². The van der Waals surface area contributed by atoms with Gasteiger partial charge in [-0.15, -0.1) is 0 Å². The van der Waals surface area contributed by atoms with Crippen molar-refractivity contribution in [1.82, 2.24) is 0 Å². The summed E-state index contributed by atoms with van der Waals surface area (Å²) in [7, 11) is 0. The molecule has 0 aliphatic carbocycles. The van der Waals surface area contributed by atoms with Crippen LogP contribution in [0.4, 0.5) is 0 Å². The lowest BCUT2D eigenvalue weighted by atomic mass is 10.4. The molecule has 0 atom stereocenters. The van der Waals surface area contributed by atoms with Gasteiger partial charge >= 0.3 is 0 Å². The largest absolute Gasteiger partial charge is 0.0895 e. The summed E-state index contributed by atoms with van der Waals surface area (Å²) in [6.45, 7) is 3.97. The first-order valence-corrected chi connectivity index (χ1v) is 2.49. The third kappa shape index (κ3) is 2.28. The van der Waals surface area contributed by atoms with E-state index in [-0.39, 0.29) is 0 Å². The summed E-state index contributed by atoms with van der Waals surface area (Å²) in [6.07, 6.45) is 2.86. The van der Waals surface area contributed by atoms with E-state index in [0.717, 1.165) is 11.5 Å². The maximum absolute atomic E-state index is 5.51. The monoisotopic (exact) mass is 104 g/mol. The maximum Gasteiger partial charge on any atom is 0.0135 e. The molecule has 0 saturated heterocycles. The van der Waals surface area contributed by atoms with Crippen LogP contribution in [0.1, 0.15) is 20.3 Å². The van der Waals surface area contributed by atoms with E-state index in [0.29, 0.717) is 0 Å². The maximum atomic E-state index is 5.51. The fourth-order valence-electron chi connectivity index (χ4n) is 0.204. The van der Waals surface area contributed by atoms with Crippen LogP contribution in [0.5, 0.6) is 0 Å². The predicted octanol–water partition coefficient (Wildman–Crippen LogP) is 2.54. The Morgan fingerprint density at radius 1 is 1.83 bits per heavy atom.